The first-order chi connectivity index (χ1) is 7.08. The van der Waals surface area contributed by atoms with Crippen LogP contribution in [0.15, 0.2) is 12.1 Å². The molecule has 0 fully saturated rings. The van der Waals surface area contributed by atoms with E-state index in [-0.39, 0.29) is 5.75 Å². The molecular weight excluding hydrogens is 198 g/mol. The number of carbonyl (C=O) groups excluding carboxylic acids is 1. The summed E-state index contributed by atoms with van der Waals surface area (Å²) in [6, 6.07) is 3.11. The minimum atomic E-state index is -0.448. The van der Waals surface area contributed by atoms with Crippen LogP contribution in [0.25, 0.3) is 0 Å². The number of hydrogen-bond donors (Lipinski definition) is 1. The molecule has 5 heteroatoms. The van der Waals surface area contributed by atoms with Crippen molar-refractivity contribution in [3.05, 3.63) is 12.1 Å². The molecule has 0 heterocycles. The number of nitrogens with two attached hydrogens (primary N) is 1. The normalized spacial score (nSPS) is 9.53. The van der Waals surface area contributed by atoms with Gasteiger partial charge in [0.05, 0.1) is 14.2 Å². The summed E-state index contributed by atoms with van der Waals surface area (Å²) in [7, 11) is 2.92. The number of benzene rings is 1. The Morgan fingerprint density at radius 3 is 2.00 bits per heavy atom. The molecule has 82 valence electrons. The quantitative estimate of drug-likeness (QED) is 0.462. The Hall–Kier alpha value is -1.91. The topological polar surface area (TPSA) is 70.8 Å². The van der Waals surface area contributed by atoms with E-state index < -0.39 is 5.97 Å². The second kappa shape index (κ2) is 4.54. The fourth-order valence-electron chi connectivity index (χ4n) is 1.14. The molecule has 1 rings (SSSR count). The van der Waals surface area contributed by atoms with Gasteiger partial charge in [-0.2, -0.15) is 0 Å². The molecule has 0 atom stereocenters. The lowest BCUT2D eigenvalue weighted by molar-refractivity contribution is -0.132. The first-order valence-corrected chi connectivity index (χ1v) is 4.28. The number of ether oxygens (including phenoxy) is 3. The highest BCUT2D eigenvalue weighted by Gasteiger charge is 2.14. The van der Waals surface area contributed by atoms with Crippen molar-refractivity contribution < 1.29 is 19.0 Å². The molecule has 0 aliphatic rings. The maximum absolute atomic E-state index is 10.9. The zero-order valence-electron chi connectivity index (χ0n) is 8.87. The number of methoxy groups -OCH3 is 2. The second-order valence-electron chi connectivity index (χ2n) is 2.85. The molecule has 0 aliphatic heterocycles. The fourth-order valence-corrected chi connectivity index (χ4v) is 1.14. The Kier molecular flexibility index (Phi) is 3.38. The maximum atomic E-state index is 10.9. The van der Waals surface area contributed by atoms with E-state index in [2.05, 4.69) is 0 Å². The third-order valence-electron chi connectivity index (χ3n) is 1.73. The van der Waals surface area contributed by atoms with Crippen molar-refractivity contribution in [2.75, 3.05) is 20.0 Å². The SMILES string of the molecule is COc1cc(N)cc(OC)c1OC(C)=O. The predicted molar refractivity (Wildman–Crippen MR) is 55.3 cm³/mol. The van der Waals surface area contributed by atoms with Gasteiger partial charge in [-0.25, -0.2) is 0 Å². The van der Waals surface area contributed by atoms with Crippen molar-refractivity contribution in [2.45, 2.75) is 6.92 Å². The lowest BCUT2D eigenvalue weighted by atomic mass is 10.2. The van der Waals surface area contributed by atoms with Crippen molar-refractivity contribution in [3.63, 3.8) is 0 Å². The predicted octanol–water partition coefficient (Wildman–Crippen LogP) is 1.21. The highest BCUT2D eigenvalue weighted by Crippen LogP contribution is 2.39. The van der Waals surface area contributed by atoms with E-state index in [9.17, 15) is 4.79 Å². The van der Waals surface area contributed by atoms with Crippen molar-refractivity contribution >= 4 is 11.7 Å². The van der Waals surface area contributed by atoms with Gasteiger partial charge in [0, 0.05) is 24.7 Å². The molecule has 0 radical (unpaired) electrons. The van der Waals surface area contributed by atoms with Crippen LogP contribution in [0.5, 0.6) is 17.2 Å². The molecular formula is C10H13NO4. The third-order valence-corrected chi connectivity index (χ3v) is 1.73. The van der Waals surface area contributed by atoms with Crippen molar-refractivity contribution in [1.82, 2.24) is 0 Å². The standard InChI is InChI=1S/C10H13NO4/c1-6(12)15-10-8(13-2)4-7(11)5-9(10)14-3/h4-5H,11H2,1-3H3. The number of nitrogen functional groups attached to an aromatic ring is 1. The van der Waals surface area contributed by atoms with E-state index in [0.717, 1.165) is 0 Å². The summed E-state index contributed by atoms with van der Waals surface area (Å²) in [5, 5.41) is 0. The molecule has 0 spiro atoms. The van der Waals surface area contributed by atoms with E-state index in [1.165, 1.54) is 21.1 Å². The van der Waals surface area contributed by atoms with Gasteiger partial charge >= 0.3 is 5.97 Å². The molecule has 2 N–H and O–H groups in total. The zero-order chi connectivity index (χ0) is 11.4. The van der Waals surface area contributed by atoms with E-state index in [4.69, 9.17) is 19.9 Å². The Balaban J connectivity index is 3.23. The Labute approximate surface area is 87.7 Å². The average molecular weight is 211 g/mol. The van der Waals surface area contributed by atoms with Crippen LogP contribution in [-0.4, -0.2) is 20.2 Å². The molecule has 0 saturated carbocycles. The molecule has 1 aromatic carbocycles. The van der Waals surface area contributed by atoms with E-state index in [0.29, 0.717) is 17.2 Å². The molecule has 15 heavy (non-hydrogen) atoms. The van der Waals surface area contributed by atoms with Gasteiger partial charge < -0.3 is 19.9 Å². The first-order valence-electron chi connectivity index (χ1n) is 4.28. The Morgan fingerprint density at radius 1 is 1.20 bits per heavy atom. The highest BCUT2D eigenvalue weighted by molar-refractivity contribution is 5.73. The van der Waals surface area contributed by atoms with Crippen molar-refractivity contribution in [1.29, 1.82) is 0 Å². The molecule has 1 aromatic rings. The van der Waals surface area contributed by atoms with Crippen LogP contribution in [-0.2, 0) is 4.79 Å². The average Bonchev–Trinajstić information content (AvgIpc) is 2.19. The smallest absolute Gasteiger partial charge is 0.308 e. The third kappa shape index (κ3) is 2.52. The fraction of sp³-hybridized carbons (Fsp3) is 0.300. The number of carbonyl (C=O) groups is 1. The summed E-state index contributed by atoms with van der Waals surface area (Å²) in [6.45, 7) is 1.30. The molecule has 0 bridgehead atoms. The lowest BCUT2D eigenvalue weighted by Gasteiger charge is -2.12. The van der Waals surface area contributed by atoms with Gasteiger partial charge in [0.2, 0.25) is 5.75 Å². The van der Waals surface area contributed by atoms with Gasteiger partial charge in [0.15, 0.2) is 11.5 Å². The molecule has 5 nitrogen and oxygen atoms in total. The van der Waals surface area contributed by atoms with Crippen molar-refractivity contribution in [2.24, 2.45) is 0 Å². The number of esters is 1. The number of hydrogen-bond acceptors (Lipinski definition) is 5. The first kappa shape index (κ1) is 11.2. The van der Waals surface area contributed by atoms with E-state index >= 15 is 0 Å². The molecule has 0 saturated heterocycles. The Bertz CT molecular complexity index is 351. The van der Waals surface area contributed by atoms with Crippen molar-refractivity contribution in [3.8, 4) is 17.2 Å². The van der Waals surface area contributed by atoms with Crippen LogP contribution >= 0.6 is 0 Å². The minimum Gasteiger partial charge on any atom is -0.493 e. The molecule has 0 aliphatic carbocycles. The Morgan fingerprint density at radius 2 is 1.67 bits per heavy atom. The van der Waals surface area contributed by atoms with Crippen LogP contribution in [0.4, 0.5) is 5.69 Å². The maximum Gasteiger partial charge on any atom is 0.308 e. The summed E-state index contributed by atoms with van der Waals surface area (Å²) >= 11 is 0. The molecule has 0 amide bonds. The van der Waals surface area contributed by atoms with Gasteiger partial charge in [0.25, 0.3) is 0 Å². The molecule has 0 aromatic heterocycles. The highest BCUT2D eigenvalue weighted by atomic mass is 16.6. The lowest BCUT2D eigenvalue weighted by Crippen LogP contribution is -2.05. The zero-order valence-corrected chi connectivity index (χ0v) is 8.87. The van der Waals surface area contributed by atoms with Crippen LogP contribution in [0.3, 0.4) is 0 Å². The molecule has 0 unspecified atom stereocenters. The number of anilines is 1. The monoisotopic (exact) mass is 211 g/mol. The van der Waals surface area contributed by atoms with Gasteiger partial charge in [-0.3, -0.25) is 4.79 Å². The van der Waals surface area contributed by atoms with Gasteiger partial charge in [0.1, 0.15) is 0 Å². The van der Waals surface area contributed by atoms with E-state index in [1.807, 2.05) is 0 Å². The summed E-state index contributed by atoms with van der Waals surface area (Å²) in [5.41, 5.74) is 6.08. The van der Waals surface area contributed by atoms with Crippen LogP contribution < -0.4 is 19.9 Å². The minimum absolute atomic E-state index is 0.238. The van der Waals surface area contributed by atoms with Crippen LogP contribution in [0, 0.1) is 0 Å². The van der Waals surface area contributed by atoms with Gasteiger partial charge in [-0.15, -0.1) is 0 Å². The largest absolute Gasteiger partial charge is 0.493 e. The summed E-state index contributed by atoms with van der Waals surface area (Å²) in [6.07, 6.45) is 0. The summed E-state index contributed by atoms with van der Waals surface area (Å²) in [5.74, 6) is 0.516. The van der Waals surface area contributed by atoms with Crippen LogP contribution in [0.1, 0.15) is 6.92 Å². The van der Waals surface area contributed by atoms with Gasteiger partial charge in [-0.05, 0) is 0 Å². The summed E-state index contributed by atoms with van der Waals surface area (Å²) in [4.78, 5) is 10.9. The van der Waals surface area contributed by atoms with Crippen LogP contribution in [0.2, 0.25) is 0 Å². The second-order valence-corrected chi connectivity index (χ2v) is 2.85. The summed E-state index contributed by atoms with van der Waals surface area (Å²) < 4.78 is 15.0. The van der Waals surface area contributed by atoms with Gasteiger partial charge in [-0.1, -0.05) is 0 Å². The van der Waals surface area contributed by atoms with E-state index in [1.54, 1.807) is 12.1 Å². The number of rotatable bonds is 3.